The van der Waals surface area contributed by atoms with Crippen molar-refractivity contribution in [3.05, 3.63) is 60.2 Å². The van der Waals surface area contributed by atoms with Crippen LogP contribution in [0, 0.1) is 0 Å². The number of anilines is 1. The number of hydrogen-bond donors (Lipinski definition) is 1. The summed E-state index contributed by atoms with van der Waals surface area (Å²) in [6.45, 7) is 2.38. The first-order chi connectivity index (χ1) is 12.6. The van der Waals surface area contributed by atoms with Crippen molar-refractivity contribution < 1.29 is 14.3 Å². The van der Waals surface area contributed by atoms with Gasteiger partial charge in [0.25, 0.3) is 0 Å². The molecule has 0 spiro atoms. The summed E-state index contributed by atoms with van der Waals surface area (Å²) < 4.78 is 5.77. The number of amides is 2. The third-order valence-electron chi connectivity index (χ3n) is 4.28. The second-order valence-electron chi connectivity index (χ2n) is 6.53. The molecule has 3 rings (SSSR count). The lowest BCUT2D eigenvalue weighted by Gasteiger charge is -2.21. The summed E-state index contributed by atoms with van der Waals surface area (Å²) in [5.74, 6) is 0.663. The van der Waals surface area contributed by atoms with E-state index in [1.807, 2.05) is 54.6 Å². The molecule has 2 amide bonds. The zero-order valence-corrected chi connectivity index (χ0v) is 15.0. The van der Waals surface area contributed by atoms with Crippen molar-refractivity contribution in [2.24, 2.45) is 0 Å². The van der Waals surface area contributed by atoms with Gasteiger partial charge in [-0.15, -0.1) is 0 Å². The lowest BCUT2D eigenvalue weighted by atomic mass is 10.2. The topological polar surface area (TPSA) is 58.6 Å². The number of nitrogens with one attached hydrogen (secondary N) is 1. The van der Waals surface area contributed by atoms with Gasteiger partial charge in [-0.3, -0.25) is 9.59 Å². The molecule has 136 valence electrons. The molecule has 0 saturated heterocycles. The van der Waals surface area contributed by atoms with E-state index in [-0.39, 0.29) is 11.8 Å². The normalized spacial score (nSPS) is 13.1. The SMILES string of the molecule is CC(=O)N(CCC(=O)NC1CC1)c1ccc(OCc2ccccc2)cc1. The van der Waals surface area contributed by atoms with Crippen molar-refractivity contribution in [1.29, 1.82) is 0 Å². The first-order valence-electron chi connectivity index (χ1n) is 8.96. The molecule has 26 heavy (non-hydrogen) atoms. The van der Waals surface area contributed by atoms with E-state index in [0.717, 1.165) is 29.8 Å². The lowest BCUT2D eigenvalue weighted by Crippen LogP contribution is -2.34. The molecule has 1 fully saturated rings. The molecular weight excluding hydrogens is 328 g/mol. The summed E-state index contributed by atoms with van der Waals surface area (Å²) in [6.07, 6.45) is 2.43. The highest BCUT2D eigenvalue weighted by Gasteiger charge is 2.23. The maximum atomic E-state index is 12.0. The molecule has 2 aromatic rings. The Bertz CT molecular complexity index is 740. The molecule has 5 nitrogen and oxygen atoms in total. The van der Waals surface area contributed by atoms with Gasteiger partial charge in [-0.05, 0) is 42.7 Å². The molecule has 2 aromatic carbocycles. The third-order valence-corrected chi connectivity index (χ3v) is 4.28. The Morgan fingerprint density at radius 2 is 1.77 bits per heavy atom. The minimum Gasteiger partial charge on any atom is -0.489 e. The van der Waals surface area contributed by atoms with Crippen LogP contribution in [-0.2, 0) is 16.2 Å². The van der Waals surface area contributed by atoms with Gasteiger partial charge < -0.3 is 15.0 Å². The van der Waals surface area contributed by atoms with E-state index in [0.29, 0.717) is 25.6 Å². The smallest absolute Gasteiger partial charge is 0.223 e. The van der Waals surface area contributed by atoms with Crippen molar-refractivity contribution in [1.82, 2.24) is 5.32 Å². The van der Waals surface area contributed by atoms with Gasteiger partial charge in [-0.25, -0.2) is 0 Å². The van der Waals surface area contributed by atoms with Crippen LogP contribution in [0.4, 0.5) is 5.69 Å². The minimum absolute atomic E-state index is 0.00145. The Morgan fingerprint density at radius 3 is 2.38 bits per heavy atom. The van der Waals surface area contributed by atoms with Gasteiger partial charge >= 0.3 is 0 Å². The van der Waals surface area contributed by atoms with Crippen LogP contribution >= 0.6 is 0 Å². The minimum atomic E-state index is -0.0813. The largest absolute Gasteiger partial charge is 0.489 e. The van der Waals surface area contributed by atoms with E-state index in [2.05, 4.69) is 5.32 Å². The molecule has 1 aliphatic rings. The number of nitrogens with zero attached hydrogens (tertiary/aromatic N) is 1. The fourth-order valence-electron chi connectivity index (χ4n) is 2.67. The monoisotopic (exact) mass is 352 g/mol. The Hall–Kier alpha value is -2.82. The maximum Gasteiger partial charge on any atom is 0.223 e. The van der Waals surface area contributed by atoms with E-state index >= 15 is 0 Å². The highest BCUT2D eigenvalue weighted by molar-refractivity contribution is 5.92. The van der Waals surface area contributed by atoms with Gasteiger partial charge in [0.1, 0.15) is 12.4 Å². The van der Waals surface area contributed by atoms with Gasteiger partial charge in [0.05, 0.1) is 0 Å². The summed E-state index contributed by atoms with van der Waals surface area (Å²) >= 11 is 0. The molecule has 5 heteroatoms. The number of carbonyl (C=O) groups excluding carboxylic acids is 2. The van der Waals surface area contributed by atoms with Crippen molar-refractivity contribution in [2.75, 3.05) is 11.4 Å². The molecular formula is C21H24N2O3. The third kappa shape index (κ3) is 5.34. The van der Waals surface area contributed by atoms with Crippen molar-refractivity contribution in [3.63, 3.8) is 0 Å². The van der Waals surface area contributed by atoms with Gasteiger partial charge in [-0.1, -0.05) is 30.3 Å². The van der Waals surface area contributed by atoms with Crippen LogP contribution in [0.1, 0.15) is 31.7 Å². The zero-order valence-electron chi connectivity index (χ0n) is 15.0. The van der Waals surface area contributed by atoms with Crippen LogP contribution in [0.15, 0.2) is 54.6 Å². The summed E-state index contributed by atoms with van der Waals surface area (Å²) in [6, 6.07) is 17.7. The molecule has 0 aromatic heterocycles. The molecule has 1 aliphatic carbocycles. The van der Waals surface area contributed by atoms with Crippen LogP contribution in [0.25, 0.3) is 0 Å². The number of benzene rings is 2. The first-order valence-corrected chi connectivity index (χ1v) is 8.96. The van der Waals surface area contributed by atoms with Gasteiger partial charge in [-0.2, -0.15) is 0 Å². The Kier molecular flexibility index (Phi) is 5.89. The van der Waals surface area contributed by atoms with Crippen LogP contribution < -0.4 is 15.0 Å². The van der Waals surface area contributed by atoms with Crippen molar-refractivity contribution >= 4 is 17.5 Å². The highest BCUT2D eigenvalue weighted by atomic mass is 16.5. The molecule has 0 atom stereocenters. The van der Waals surface area contributed by atoms with E-state index in [9.17, 15) is 9.59 Å². The van der Waals surface area contributed by atoms with E-state index in [1.165, 1.54) is 6.92 Å². The van der Waals surface area contributed by atoms with E-state index in [1.54, 1.807) is 4.90 Å². The summed E-state index contributed by atoms with van der Waals surface area (Å²) in [5.41, 5.74) is 1.87. The molecule has 0 aliphatic heterocycles. The first kappa shape index (κ1) is 18.0. The van der Waals surface area contributed by atoms with Gasteiger partial charge in [0, 0.05) is 31.6 Å². The molecule has 0 unspecified atom stereocenters. The number of carbonyl (C=O) groups is 2. The quantitative estimate of drug-likeness (QED) is 0.793. The number of hydrogen-bond acceptors (Lipinski definition) is 3. The van der Waals surface area contributed by atoms with Gasteiger partial charge in [0.2, 0.25) is 11.8 Å². The van der Waals surface area contributed by atoms with Crippen LogP contribution in [0.2, 0.25) is 0 Å². The molecule has 1 N–H and O–H groups in total. The summed E-state index contributed by atoms with van der Waals surface area (Å²) in [4.78, 5) is 25.4. The second kappa shape index (κ2) is 8.52. The number of rotatable bonds is 8. The molecule has 0 heterocycles. The van der Waals surface area contributed by atoms with Crippen LogP contribution in [-0.4, -0.2) is 24.4 Å². The second-order valence-corrected chi connectivity index (χ2v) is 6.53. The summed E-state index contributed by atoms with van der Waals surface area (Å²) in [7, 11) is 0. The van der Waals surface area contributed by atoms with E-state index in [4.69, 9.17) is 4.74 Å². The predicted molar refractivity (Wildman–Crippen MR) is 101 cm³/mol. The fourth-order valence-corrected chi connectivity index (χ4v) is 2.67. The Balaban J connectivity index is 1.55. The average molecular weight is 352 g/mol. The average Bonchev–Trinajstić information content (AvgIpc) is 3.45. The molecule has 0 radical (unpaired) electrons. The maximum absolute atomic E-state index is 12.0. The number of ether oxygens (including phenoxy) is 1. The molecule has 0 bridgehead atoms. The Morgan fingerprint density at radius 1 is 1.08 bits per heavy atom. The highest BCUT2D eigenvalue weighted by Crippen LogP contribution is 2.21. The van der Waals surface area contributed by atoms with Crippen LogP contribution in [0.5, 0.6) is 5.75 Å². The van der Waals surface area contributed by atoms with Crippen molar-refractivity contribution in [2.45, 2.75) is 38.8 Å². The predicted octanol–water partition coefficient (Wildman–Crippen LogP) is 3.29. The molecule has 1 saturated carbocycles. The van der Waals surface area contributed by atoms with Crippen molar-refractivity contribution in [3.8, 4) is 5.75 Å². The van der Waals surface area contributed by atoms with Crippen LogP contribution in [0.3, 0.4) is 0 Å². The van der Waals surface area contributed by atoms with Gasteiger partial charge in [0.15, 0.2) is 0 Å². The fraction of sp³-hybridized carbons (Fsp3) is 0.333. The zero-order chi connectivity index (χ0) is 18.4. The Labute approximate surface area is 154 Å². The standard InChI is InChI=1S/C21H24N2O3/c1-16(24)23(14-13-21(25)22-18-7-8-18)19-9-11-20(12-10-19)26-15-17-5-3-2-4-6-17/h2-6,9-12,18H,7-8,13-15H2,1H3,(H,22,25). The summed E-state index contributed by atoms with van der Waals surface area (Å²) in [5, 5.41) is 2.94. The van der Waals surface area contributed by atoms with E-state index < -0.39 is 0 Å². The lowest BCUT2D eigenvalue weighted by molar-refractivity contribution is -0.121.